The molecule has 0 bridgehead atoms. The predicted molar refractivity (Wildman–Crippen MR) is 57.9 cm³/mol. The molecular formula is C12H9F3N2. The van der Waals surface area contributed by atoms with Gasteiger partial charge in [-0.25, -0.2) is 13.2 Å². The summed E-state index contributed by atoms with van der Waals surface area (Å²) in [6, 6.07) is 5.56. The Balaban J connectivity index is 2.13. The van der Waals surface area contributed by atoms with Crippen LogP contribution in [-0.2, 0) is 6.54 Å². The summed E-state index contributed by atoms with van der Waals surface area (Å²) in [5, 5.41) is 2.68. The lowest BCUT2D eigenvalue weighted by molar-refractivity contribution is 0.449. The van der Waals surface area contributed by atoms with Crippen molar-refractivity contribution < 1.29 is 13.2 Å². The Morgan fingerprint density at radius 1 is 1.06 bits per heavy atom. The van der Waals surface area contributed by atoms with E-state index in [9.17, 15) is 13.2 Å². The van der Waals surface area contributed by atoms with E-state index in [1.807, 2.05) is 0 Å². The minimum atomic E-state index is -1.47. The lowest BCUT2D eigenvalue weighted by Crippen LogP contribution is -2.04. The number of pyridine rings is 1. The zero-order valence-electron chi connectivity index (χ0n) is 8.75. The number of anilines is 1. The molecule has 0 aliphatic carbocycles. The van der Waals surface area contributed by atoms with Crippen molar-refractivity contribution in [3.63, 3.8) is 0 Å². The van der Waals surface area contributed by atoms with Crippen LogP contribution in [0.2, 0.25) is 0 Å². The maximum absolute atomic E-state index is 13.3. The summed E-state index contributed by atoms with van der Waals surface area (Å²) in [5.41, 5.74) is 0.740. The fourth-order valence-electron chi connectivity index (χ4n) is 1.36. The fourth-order valence-corrected chi connectivity index (χ4v) is 1.36. The van der Waals surface area contributed by atoms with E-state index in [4.69, 9.17) is 0 Å². The van der Waals surface area contributed by atoms with E-state index >= 15 is 0 Å². The van der Waals surface area contributed by atoms with Crippen LogP contribution in [0.5, 0.6) is 0 Å². The van der Waals surface area contributed by atoms with Crippen molar-refractivity contribution in [2.24, 2.45) is 0 Å². The molecule has 2 aromatic rings. The zero-order valence-corrected chi connectivity index (χ0v) is 8.75. The third-order valence-corrected chi connectivity index (χ3v) is 2.24. The molecule has 5 heteroatoms. The van der Waals surface area contributed by atoms with Crippen molar-refractivity contribution in [2.75, 3.05) is 5.32 Å². The lowest BCUT2D eigenvalue weighted by Gasteiger charge is -2.08. The van der Waals surface area contributed by atoms with Gasteiger partial charge in [0.2, 0.25) is 0 Å². The van der Waals surface area contributed by atoms with E-state index in [1.54, 1.807) is 24.5 Å². The molecule has 1 heterocycles. The second kappa shape index (κ2) is 4.86. The summed E-state index contributed by atoms with van der Waals surface area (Å²) in [4.78, 5) is 3.88. The standard InChI is InChI=1S/C12H9F3N2/c13-9-3-4-10(12(15)11(9)14)17-7-8-2-1-5-16-6-8/h1-6,17H,7H2. The maximum Gasteiger partial charge on any atom is 0.196 e. The van der Waals surface area contributed by atoms with Crippen molar-refractivity contribution in [3.8, 4) is 0 Å². The Bertz CT molecular complexity index is 515. The van der Waals surface area contributed by atoms with Crippen LogP contribution in [0.1, 0.15) is 5.56 Å². The highest BCUT2D eigenvalue weighted by Crippen LogP contribution is 2.20. The molecule has 0 saturated carbocycles. The van der Waals surface area contributed by atoms with Crippen molar-refractivity contribution in [2.45, 2.75) is 6.54 Å². The minimum absolute atomic E-state index is 0.0762. The fraction of sp³-hybridized carbons (Fsp3) is 0.0833. The number of aromatic nitrogens is 1. The number of hydrogen-bond acceptors (Lipinski definition) is 2. The first-order valence-electron chi connectivity index (χ1n) is 4.95. The van der Waals surface area contributed by atoms with Gasteiger partial charge in [-0.15, -0.1) is 0 Å². The van der Waals surface area contributed by atoms with Gasteiger partial charge in [-0.1, -0.05) is 6.07 Å². The molecule has 0 saturated heterocycles. The zero-order chi connectivity index (χ0) is 12.3. The van der Waals surface area contributed by atoms with Crippen LogP contribution in [0.4, 0.5) is 18.9 Å². The molecule has 2 nitrogen and oxygen atoms in total. The smallest absolute Gasteiger partial charge is 0.196 e. The third-order valence-electron chi connectivity index (χ3n) is 2.24. The number of nitrogens with zero attached hydrogens (tertiary/aromatic N) is 1. The lowest BCUT2D eigenvalue weighted by atomic mass is 10.2. The summed E-state index contributed by atoms with van der Waals surface area (Å²) in [6.07, 6.45) is 3.21. The number of benzene rings is 1. The van der Waals surface area contributed by atoms with Gasteiger partial charge in [0, 0.05) is 18.9 Å². The number of rotatable bonds is 3. The Morgan fingerprint density at radius 2 is 1.88 bits per heavy atom. The highest BCUT2D eigenvalue weighted by molar-refractivity contribution is 5.45. The number of halogens is 3. The van der Waals surface area contributed by atoms with Gasteiger partial charge in [0.15, 0.2) is 17.5 Å². The topological polar surface area (TPSA) is 24.9 Å². The van der Waals surface area contributed by atoms with Gasteiger partial charge in [-0.2, -0.15) is 0 Å². The predicted octanol–water partition coefficient (Wildman–Crippen LogP) is 3.11. The Hall–Kier alpha value is -2.04. The van der Waals surface area contributed by atoms with Crippen LogP contribution in [-0.4, -0.2) is 4.98 Å². The van der Waals surface area contributed by atoms with E-state index in [0.29, 0.717) is 0 Å². The minimum Gasteiger partial charge on any atom is -0.378 e. The van der Waals surface area contributed by atoms with Gasteiger partial charge in [0.25, 0.3) is 0 Å². The largest absolute Gasteiger partial charge is 0.378 e. The molecular weight excluding hydrogens is 229 g/mol. The van der Waals surface area contributed by atoms with Crippen LogP contribution < -0.4 is 5.32 Å². The maximum atomic E-state index is 13.3. The van der Waals surface area contributed by atoms with Gasteiger partial charge in [0.05, 0.1) is 5.69 Å². The molecule has 0 unspecified atom stereocenters. The molecule has 0 spiro atoms. The van der Waals surface area contributed by atoms with Crippen LogP contribution in [0.15, 0.2) is 36.7 Å². The van der Waals surface area contributed by atoms with Gasteiger partial charge < -0.3 is 5.32 Å². The summed E-state index contributed by atoms with van der Waals surface area (Å²) < 4.78 is 38.9. The molecule has 1 aromatic heterocycles. The molecule has 88 valence electrons. The Kier molecular flexibility index (Phi) is 3.27. The molecule has 2 rings (SSSR count). The van der Waals surface area contributed by atoms with Crippen molar-refractivity contribution >= 4 is 5.69 Å². The second-order valence-electron chi connectivity index (χ2n) is 3.44. The molecule has 1 aromatic carbocycles. The van der Waals surface area contributed by atoms with E-state index in [0.717, 1.165) is 17.7 Å². The summed E-state index contributed by atoms with van der Waals surface area (Å²) in [6.45, 7) is 0.288. The van der Waals surface area contributed by atoms with Crippen molar-refractivity contribution in [1.29, 1.82) is 0 Å². The van der Waals surface area contributed by atoms with Gasteiger partial charge in [-0.3, -0.25) is 4.98 Å². The Labute approximate surface area is 96.1 Å². The summed E-state index contributed by atoms with van der Waals surface area (Å²) >= 11 is 0. The van der Waals surface area contributed by atoms with Gasteiger partial charge >= 0.3 is 0 Å². The highest BCUT2D eigenvalue weighted by Gasteiger charge is 2.12. The monoisotopic (exact) mass is 238 g/mol. The second-order valence-corrected chi connectivity index (χ2v) is 3.44. The third kappa shape index (κ3) is 2.55. The van der Waals surface area contributed by atoms with E-state index in [-0.39, 0.29) is 12.2 Å². The molecule has 1 N–H and O–H groups in total. The first-order chi connectivity index (χ1) is 8.18. The normalized spacial score (nSPS) is 10.3. The quantitative estimate of drug-likeness (QED) is 0.831. The SMILES string of the molecule is Fc1ccc(NCc2cccnc2)c(F)c1F. The van der Waals surface area contributed by atoms with E-state index in [2.05, 4.69) is 10.3 Å². The Morgan fingerprint density at radius 3 is 2.59 bits per heavy atom. The molecule has 0 radical (unpaired) electrons. The summed E-state index contributed by atoms with van der Waals surface area (Å²) in [7, 11) is 0. The molecule has 0 aliphatic heterocycles. The van der Waals surface area contributed by atoms with Gasteiger partial charge in [0.1, 0.15) is 0 Å². The first kappa shape index (κ1) is 11.4. The first-order valence-corrected chi connectivity index (χ1v) is 4.95. The van der Waals surface area contributed by atoms with E-state index < -0.39 is 17.5 Å². The van der Waals surface area contributed by atoms with Gasteiger partial charge in [-0.05, 0) is 23.8 Å². The molecule has 17 heavy (non-hydrogen) atoms. The average Bonchev–Trinajstić information content (AvgIpc) is 2.36. The van der Waals surface area contributed by atoms with Crippen LogP contribution in [0, 0.1) is 17.5 Å². The van der Waals surface area contributed by atoms with Crippen molar-refractivity contribution in [1.82, 2.24) is 4.98 Å². The van der Waals surface area contributed by atoms with Crippen LogP contribution in [0.3, 0.4) is 0 Å². The molecule has 0 atom stereocenters. The van der Waals surface area contributed by atoms with Crippen molar-refractivity contribution in [3.05, 3.63) is 59.7 Å². The number of nitrogens with one attached hydrogen (secondary N) is 1. The molecule has 0 amide bonds. The van der Waals surface area contributed by atoms with Crippen LogP contribution in [0.25, 0.3) is 0 Å². The van der Waals surface area contributed by atoms with E-state index in [1.165, 1.54) is 0 Å². The molecule has 0 fully saturated rings. The molecule has 0 aliphatic rings. The summed E-state index contributed by atoms with van der Waals surface area (Å²) in [5.74, 6) is -3.88. The number of hydrogen-bond donors (Lipinski definition) is 1. The average molecular weight is 238 g/mol. The highest BCUT2D eigenvalue weighted by atomic mass is 19.2. The van der Waals surface area contributed by atoms with Crippen LogP contribution >= 0.6 is 0 Å².